The van der Waals surface area contributed by atoms with E-state index in [2.05, 4.69) is 10.6 Å². The number of nitrogens with zero attached hydrogens (tertiary/aromatic N) is 1. The molecule has 0 unspecified atom stereocenters. The van der Waals surface area contributed by atoms with E-state index in [1.54, 1.807) is 4.90 Å². The molecule has 1 aromatic rings. The van der Waals surface area contributed by atoms with Crippen LogP contribution in [0.25, 0.3) is 0 Å². The fraction of sp³-hybridized carbons (Fsp3) is 0.600. The van der Waals surface area contributed by atoms with E-state index in [1.165, 1.54) is 19.2 Å². The van der Waals surface area contributed by atoms with E-state index in [-0.39, 0.29) is 28.8 Å². The Kier molecular flexibility index (Phi) is 5.25. The molecular weight excluding hydrogens is 368 g/mol. The molecule has 3 rings (SSSR count). The minimum atomic E-state index is -1.16. The van der Waals surface area contributed by atoms with Crippen molar-refractivity contribution in [3.63, 3.8) is 0 Å². The van der Waals surface area contributed by atoms with E-state index in [9.17, 15) is 18.4 Å². The highest BCUT2D eigenvalue weighted by Gasteiger charge is 2.50. The molecule has 0 atom stereocenters. The van der Waals surface area contributed by atoms with Gasteiger partial charge in [0.15, 0.2) is 11.6 Å². The van der Waals surface area contributed by atoms with Crippen molar-refractivity contribution in [1.29, 1.82) is 0 Å². The van der Waals surface area contributed by atoms with Crippen LogP contribution in [-0.4, -0.2) is 48.7 Å². The van der Waals surface area contributed by atoms with Gasteiger partial charge in [-0.15, -0.1) is 0 Å². The standard InChI is InChI=1S/C20H27F2N3O3/c1-19(2,3)28-18(27)25-8-7-20(11-25)9-12(10-20)24-14-6-5-13(17(26)23-4)15(21)16(14)22/h5-6,12,24H,7-11H2,1-4H3,(H,23,26). The predicted octanol–water partition coefficient (Wildman–Crippen LogP) is 3.53. The Labute approximate surface area is 163 Å². The number of nitrogens with one attached hydrogen (secondary N) is 2. The first-order chi connectivity index (χ1) is 13.0. The van der Waals surface area contributed by atoms with Crippen molar-refractivity contribution < 1.29 is 23.1 Å². The van der Waals surface area contributed by atoms with Gasteiger partial charge in [0.05, 0.1) is 11.3 Å². The van der Waals surface area contributed by atoms with Gasteiger partial charge in [-0.3, -0.25) is 4.79 Å². The second-order valence-corrected chi connectivity index (χ2v) is 8.77. The van der Waals surface area contributed by atoms with E-state index in [0.29, 0.717) is 13.1 Å². The monoisotopic (exact) mass is 395 g/mol. The van der Waals surface area contributed by atoms with E-state index < -0.39 is 23.1 Å². The first kappa shape index (κ1) is 20.4. The number of benzene rings is 1. The van der Waals surface area contributed by atoms with Crippen LogP contribution in [0.15, 0.2) is 12.1 Å². The number of hydrogen-bond donors (Lipinski definition) is 2. The molecule has 2 fully saturated rings. The van der Waals surface area contributed by atoms with Gasteiger partial charge in [0.2, 0.25) is 0 Å². The van der Waals surface area contributed by atoms with Crippen LogP contribution < -0.4 is 10.6 Å². The van der Waals surface area contributed by atoms with Gasteiger partial charge >= 0.3 is 6.09 Å². The summed E-state index contributed by atoms with van der Waals surface area (Å²) >= 11 is 0. The van der Waals surface area contributed by atoms with Crippen molar-refractivity contribution in [2.45, 2.75) is 51.7 Å². The van der Waals surface area contributed by atoms with E-state index in [4.69, 9.17) is 4.74 Å². The minimum Gasteiger partial charge on any atom is -0.444 e. The van der Waals surface area contributed by atoms with Crippen LogP contribution in [0.3, 0.4) is 0 Å². The molecule has 0 aromatic heterocycles. The van der Waals surface area contributed by atoms with Gasteiger partial charge in [-0.25, -0.2) is 13.6 Å². The number of anilines is 1. The summed E-state index contributed by atoms with van der Waals surface area (Å²) in [5, 5.41) is 5.31. The average molecular weight is 395 g/mol. The molecule has 0 bridgehead atoms. The van der Waals surface area contributed by atoms with Crippen LogP contribution in [0.4, 0.5) is 19.3 Å². The molecule has 1 aliphatic carbocycles. The smallest absolute Gasteiger partial charge is 0.410 e. The molecule has 1 aromatic carbocycles. The van der Waals surface area contributed by atoms with Crippen LogP contribution in [-0.2, 0) is 4.74 Å². The van der Waals surface area contributed by atoms with Crippen molar-refractivity contribution in [2.24, 2.45) is 5.41 Å². The maximum atomic E-state index is 14.3. The van der Waals surface area contributed by atoms with Crippen LogP contribution in [0, 0.1) is 17.0 Å². The third-order valence-electron chi connectivity index (χ3n) is 5.36. The molecule has 0 radical (unpaired) electrons. The lowest BCUT2D eigenvalue weighted by Gasteiger charge is -2.45. The molecule has 1 saturated carbocycles. The van der Waals surface area contributed by atoms with Crippen LogP contribution >= 0.6 is 0 Å². The second kappa shape index (κ2) is 7.22. The van der Waals surface area contributed by atoms with E-state index >= 15 is 0 Å². The zero-order valence-corrected chi connectivity index (χ0v) is 16.7. The first-order valence-corrected chi connectivity index (χ1v) is 9.48. The van der Waals surface area contributed by atoms with Crippen LogP contribution in [0.5, 0.6) is 0 Å². The summed E-state index contributed by atoms with van der Waals surface area (Å²) in [6, 6.07) is 2.65. The van der Waals surface area contributed by atoms with Gasteiger partial charge in [0, 0.05) is 26.2 Å². The maximum absolute atomic E-state index is 14.3. The van der Waals surface area contributed by atoms with Crippen molar-refractivity contribution >= 4 is 17.7 Å². The topological polar surface area (TPSA) is 70.7 Å². The molecule has 1 spiro atoms. The number of amides is 2. The van der Waals surface area contributed by atoms with Gasteiger partial charge in [-0.1, -0.05) is 0 Å². The zero-order chi connectivity index (χ0) is 20.7. The Balaban J connectivity index is 1.57. The molecule has 154 valence electrons. The summed E-state index contributed by atoms with van der Waals surface area (Å²) in [4.78, 5) is 25.5. The summed E-state index contributed by atoms with van der Waals surface area (Å²) in [6.07, 6.45) is 2.10. The minimum absolute atomic E-state index is 0.00154. The lowest BCUT2D eigenvalue weighted by molar-refractivity contribution is 0.0237. The Morgan fingerprint density at radius 2 is 1.89 bits per heavy atom. The van der Waals surface area contributed by atoms with Gasteiger partial charge < -0.3 is 20.3 Å². The Morgan fingerprint density at radius 1 is 1.21 bits per heavy atom. The molecule has 6 nitrogen and oxygen atoms in total. The fourth-order valence-electron chi connectivity index (χ4n) is 4.03. The number of carbonyl (C=O) groups excluding carboxylic acids is 2. The summed E-state index contributed by atoms with van der Waals surface area (Å²) < 4.78 is 33.8. The van der Waals surface area contributed by atoms with Gasteiger partial charge in [0.1, 0.15) is 5.60 Å². The van der Waals surface area contributed by atoms with Crippen molar-refractivity contribution in [1.82, 2.24) is 10.2 Å². The lowest BCUT2D eigenvalue weighted by Crippen LogP contribution is -2.47. The highest BCUT2D eigenvalue weighted by atomic mass is 19.2. The highest BCUT2D eigenvalue weighted by Crippen LogP contribution is 2.49. The molecule has 1 saturated heterocycles. The molecule has 2 aliphatic rings. The molecule has 1 aliphatic heterocycles. The maximum Gasteiger partial charge on any atom is 0.410 e. The molecule has 28 heavy (non-hydrogen) atoms. The third-order valence-corrected chi connectivity index (χ3v) is 5.36. The summed E-state index contributed by atoms with van der Waals surface area (Å²) in [7, 11) is 1.36. The Bertz CT molecular complexity index is 786. The number of hydrogen-bond acceptors (Lipinski definition) is 4. The lowest BCUT2D eigenvalue weighted by atomic mass is 9.65. The SMILES string of the molecule is CNC(=O)c1ccc(NC2CC3(CCN(C(=O)OC(C)(C)C)C3)C2)c(F)c1F. The van der Waals surface area contributed by atoms with Gasteiger partial charge in [0.25, 0.3) is 5.91 Å². The van der Waals surface area contributed by atoms with E-state index in [1.807, 2.05) is 20.8 Å². The van der Waals surface area contributed by atoms with Crippen molar-refractivity contribution in [2.75, 3.05) is 25.5 Å². The van der Waals surface area contributed by atoms with Crippen molar-refractivity contribution in [3.05, 3.63) is 29.3 Å². The number of halogens is 2. The quantitative estimate of drug-likeness (QED) is 0.822. The summed E-state index contributed by atoms with van der Waals surface area (Å²) in [5.41, 5.74) is -0.795. The van der Waals surface area contributed by atoms with Crippen LogP contribution in [0.2, 0.25) is 0 Å². The largest absolute Gasteiger partial charge is 0.444 e. The zero-order valence-electron chi connectivity index (χ0n) is 16.7. The Hall–Kier alpha value is -2.38. The molecule has 1 heterocycles. The highest BCUT2D eigenvalue weighted by molar-refractivity contribution is 5.94. The molecular formula is C20H27F2N3O3. The number of likely N-dealkylation sites (tertiary alicyclic amines) is 1. The van der Waals surface area contributed by atoms with E-state index in [0.717, 1.165) is 19.3 Å². The Morgan fingerprint density at radius 3 is 2.50 bits per heavy atom. The summed E-state index contributed by atoms with van der Waals surface area (Å²) in [6.45, 7) is 6.77. The number of ether oxygens (including phenoxy) is 1. The first-order valence-electron chi connectivity index (χ1n) is 9.48. The summed E-state index contributed by atoms with van der Waals surface area (Å²) in [5.74, 6) is -2.88. The molecule has 2 N–H and O–H groups in total. The normalized spacial score (nSPS) is 24.1. The fourth-order valence-corrected chi connectivity index (χ4v) is 4.03. The number of rotatable bonds is 3. The molecule has 2 amide bonds. The van der Waals surface area contributed by atoms with Gasteiger partial charge in [-0.2, -0.15) is 0 Å². The number of carbonyl (C=O) groups is 2. The molecule has 8 heteroatoms. The van der Waals surface area contributed by atoms with Crippen LogP contribution in [0.1, 0.15) is 50.4 Å². The average Bonchev–Trinajstić information content (AvgIpc) is 3.02. The van der Waals surface area contributed by atoms with Gasteiger partial charge in [-0.05, 0) is 57.6 Å². The van der Waals surface area contributed by atoms with Crippen molar-refractivity contribution in [3.8, 4) is 0 Å². The third kappa shape index (κ3) is 4.05. The second-order valence-electron chi connectivity index (χ2n) is 8.77. The predicted molar refractivity (Wildman–Crippen MR) is 101 cm³/mol.